The third-order valence-corrected chi connectivity index (χ3v) is 5.37. The van der Waals surface area contributed by atoms with E-state index in [4.69, 9.17) is 4.74 Å². The Labute approximate surface area is 149 Å². The summed E-state index contributed by atoms with van der Waals surface area (Å²) < 4.78 is 19.3. The highest BCUT2D eigenvalue weighted by molar-refractivity contribution is 5.98. The van der Waals surface area contributed by atoms with Crippen LogP contribution in [0.25, 0.3) is 0 Å². The number of hydrogen-bond donors (Lipinski definition) is 0. The van der Waals surface area contributed by atoms with E-state index in [2.05, 4.69) is 16.7 Å². The molecule has 6 heteroatoms. The smallest absolute Gasteiger partial charge is 0.244 e. The second kappa shape index (κ2) is 8.25. The van der Waals surface area contributed by atoms with Crippen molar-refractivity contribution in [3.63, 3.8) is 0 Å². The quantitative estimate of drug-likeness (QED) is 0.814. The molecule has 25 heavy (non-hydrogen) atoms. The first-order valence-corrected chi connectivity index (χ1v) is 9.14. The SMILES string of the molecule is COC[C@@H](C)N1CCN([C@@H]2CCCN(c3ccccc3F)C2=O)CC1. The van der Waals surface area contributed by atoms with Gasteiger partial charge in [-0.2, -0.15) is 0 Å². The number of halogens is 1. The van der Waals surface area contributed by atoms with Crippen molar-refractivity contribution >= 4 is 11.6 Å². The van der Waals surface area contributed by atoms with Crippen LogP contribution in [0.1, 0.15) is 19.8 Å². The molecule has 0 radical (unpaired) electrons. The molecule has 0 bridgehead atoms. The first-order chi connectivity index (χ1) is 12.1. The fraction of sp³-hybridized carbons (Fsp3) is 0.632. The number of methoxy groups -OCH3 is 1. The van der Waals surface area contributed by atoms with E-state index in [1.165, 1.54) is 6.07 Å². The average Bonchev–Trinajstić information content (AvgIpc) is 2.63. The highest BCUT2D eigenvalue weighted by Crippen LogP contribution is 2.26. The number of rotatable bonds is 5. The molecular weight excluding hydrogens is 321 g/mol. The van der Waals surface area contributed by atoms with Crippen molar-refractivity contribution in [3.8, 4) is 0 Å². The molecular formula is C19H28FN3O2. The van der Waals surface area contributed by atoms with E-state index >= 15 is 0 Å². The summed E-state index contributed by atoms with van der Waals surface area (Å²) in [6, 6.07) is 6.82. The number of anilines is 1. The number of piperidine rings is 1. The molecule has 0 aromatic heterocycles. The summed E-state index contributed by atoms with van der Waals surface area (Å²) in [5.74, 6) is -0.288. The molecule has 2 atom stereocenters. The molecule has 1 aromatic rings. The fourth-order valence-electron chi connectivity index (χ4n) is 3.94. The highest BCUT2D eigenvalue weighted by Gasteiger charge is 2.36. The predicted octanol–water partition coefficient (Wildman–Crippen LogP) is 1.97. The maximum absolute atomic E-state index is 14.1. The van der Waals surface area contributed by atoms with Gasteiger partial charge in [-0.05, 0) is 31.9 Å². The summed E-state index contributed by atoms with van der Waals surface area (Å²) in [5.41, 5.74) is 0.407. The monoisotopic (exact) mass is 349 g/mol. The summed E-state index contributed by atoms with van der Waals surface area (Å²) >= 11 is 0. The first kappa shape index (κ1) is 18.3. The molecule has 0 N–H and O–H groups in total. The molecule has 138 valence electrons. The Bertz CT molecular complexity index is 590. The van der Waals surface area contributed by atoms with Crippen molar-refractivity contribution in [1.29, 1.82) is 0 Å². The number of benzene rings is 1. The molecule has 1 amide bonds. The number of amides is 1. The minimum absolute atomic E-state index is 0.0368. The molecule has 2 aliphatic heterocycles. The topological polar surface area (TPSA) is 36.0 Å². The van der Waals surface area contributed by atoms with Crippen molar-refractivity contribution in [3.05, 3.63) is 30.1 Å². The van der Waals surface area contributed by atoms with Crippen molar-refractivity contribution < 1.29 is 13.9 Å². The van der Waals surface area contributed by atoms with Gasteiger partial charge in [0.1, 0.15) is 5.82 Å². The minimum Gasteiger partial charge on any atom is -0.383 e. The molecule has 0 saturated carbocycles. The second-order valence-electron chi connectivity index (χ2n) is 6.98. The van der Waals surface area contributed by atoms with Gasteiger partial charge in [-0.3, -0.25) is 14.6 Å². The fourth-order valence-corrected chi connectivity index (χ4v) is 3.94. The van der Waals surface area contributed by atoms with Crippen molar-refractivity contribution in [2.24, 2.45) is 0 Å². The van der Waals surface area contributed by atoms with E-state index in [0.717, 1.165) is 45.6 Å². The summed E-state index contributed by atoms with van der Waals surface area (Å²) in [4.78, 5) is 19.3. The van der Waals surface area contributed by atoms with Gasteiger partial charge in [0.15, 0.2) is 0 Å². The van der Waals surface area contributed by atoms with E-state index in [1.54, 1.807) is 30.2 Å². The average molecular weight is 349 g/mol. The van der Waals surface area contributed by atoms with Crippen LogP contribution in [0, 0.1) is 5.82 Å². The number of carbonyl (C=O) groups is 1. The Kier molecular flexibility index (Phi) is 6.04. The Morgan fingerprint density at radius 3 is 2.60 bits per heavy atom. The Morgan fingerprint density at radius 2 is 1.92 bits per heavy atom. The summed E-state index contributed by atoms with van der Waals surface area (Å²) in [5, 5.41) is 0. The standard InChI is InChI=1S/C19H28FN3O2/c1-15(14-25-2)21-10-12-22(13-11-21)18-8-5-9-23(19(18)24)17-7-4-3-6-16(17)20/h3-4,6-7,15,18H,5,8-14H2,1-2H3/t15-,18-/m1/s1. The predicted molar refractivity (Wildman–Crippen MR) is 96.3 cm³/mol. The van der Waals surface area contributed by atoms with Crippen molar-refractivity contribution in [1.82, 2.24) is 9.80 Å². The van der Waals surface area contributed by atoms with Gasteiger partial charge < -0.3 is 9.64 Å². The molecule has 0 aliphatic carbocycles. The van der Waals surface area contributed by atoms with E-state index in [0.29, 0.717) is 18.3 Å². The number of carbonyl (C=O) groups excluding carboxylic acids is 1. The molecule has 2 fully saturated rings. The largest absolute Gasteiger partial charge is 0.383 e. The van der Waals surface area contributed by atoms with E-state index < -0.39 is 0 Å². The van der Waals surface area contributed by atoms with Crippen LogP contribution < -0.4 is 4.90 Å². The van der Waals surface area contributed by atoms with E-state index in [1.807, 2.05) is 0 Å². The zero-order valence-electron chi connectivity index (χ0n) is 15.2. The number of nitrogens with zero attached hydrogens (tertiary/aromatic N) is 3. The lowest BCUT2D eigenvalue weighted by Crippen LogP contribution is -2.59. The molecule has 1 aromatic carbocycles. The third kappa shape index (κ3) is 4.02. The number of para-hydroxylation sites is 1. The number of hydrogen-bond acceptors (Lipinski definition) is 4. The molecule has 3 rings (SSSR count). The van der Waals surface area contributed by atoms with Gasteiger partial charge in [-0.25, -0.2) is 4.39 Å². The number of ether oxygens (including phenoxy) is 1. The normalized spacial score (nSPS) is 24.5. The van der Waals surface area contributed by atoms with E-state index in [-0.39, 0.29) is 17.8 Å². The van der Waals surface area contributed by atoms with Crippen LogP contribution in [-0.2, 0) is 9.53 Å². The number of piperazine rings is 1. The summed E-state index contributed by atoms with van der Waals surface area (Å²) in [6.45, 7) is 7.11. The van der Waals surface area contributed by atoms with Crippen molar-refractivity contribution in [2.45, 2.75) is 31.8 Å². The molecule has 2 heterocycles. The molecule has 5 nitrogen and oxygen atoms in total. The Balaban J connectivity index is 1.64. The minimum atomic E-state index is -0.324. The lowest BCUT2D eigenvalue weighted by Gasteiger charge is -2.43. The van der Waals surface area contributed by atoms with Gasteiger partial charge in [0.25, 0.3) is 0 Å². The zero-order valence-corrected chi connectivity index (χ0v) is 15.2. The molecule has 0 spiro atoms. The highest BCUT2D eigenvalue weighted by atomic mass is 19.1. The molecule has 2 aliphatic rings. The summed E-state index contributed by atoms with van der Waals surface area (Å²) in [6.07, 6.45) is 1.77. The van der Waals surface area contributed by atoms with Crippen LogP contribution in [-0.4, -0.2) is 74.2 Å². The zero-order chi connectivity index (χ0) is 17.8. The Morgan fingerprint density at radius 1 is 1.20 bits per heavy atom. The van der Waals surface area contributed by atoms with Crippen LogP contribution in [0.15, 0.2) is 24.3 Å². The van der Waals surface area contributed by atoms with Crippen LogP contribution in [0.5, 0.6) is 0 Å². The van der Waals surface area contributed by atoms with Crippen molar-refractivity contribution in [2.75, 3.05) is 51.3 Å². The van der Waals surface area contributed by atoms with Gasteiger partial charge in [0.2, 0.25) is 5.91 Å². The third-order valence-electron chi connectivity index (χ3n) is 5.37. The van der Waals surface area contributed by atoms with E-state index in [9.17, 15) is 9.18 Å². The van der Waals surface area contributed by atoms with Gasteiger partial charge in [0, 0.05) is 45.9 Å². The maximum atomic E-state index is 14.1. The second-order valence-corrected chi connectivity index (χ2v) is 6.98. The van der Waals surface area contributed by atoms with Crippen LogP contribution >= 0.6 is 0 Å². The lowest BCUT2D eigenvalue weighted by atomic mass is 10.0. The van der Waals surface area contributed by atoms with Crippen LogP contribution in [0.4, 0.5) is 10.1 Å². The molecule has 2 saturated heterocycles. The van der Waals surface area contributed by atoms with Gasteiger partial charge in [-0.15, -0.1) is 0 Å². The van der Waals surface area contributed by atoms with Gasteiger partial charge in [-0.1, -0.05) is 12.1 Å². The van der Waals surface area contributed by atoms with Crippen LogP contribution in [0.3, 0.4) is 0 Å². The summed E-state index contributed by atoms with van der Waals surface area (Å²) in [7, 11) is 1.73. The van der Waals surface area contributed by atoms with Crippen LogP contribution in [0.2, 0.25) is 0 Å². The van der Waals surface area contributed by atoms with Gasteiger partial charge >= 0.3 is 0 Å². The Hall–Kier alpha value is -1.50. The first-order valence-electron chi connectivity index (χ1n) is 9.14. The lowest BCUT2D eigenvalue weighted by molar-refractivity contribution is -0.126. The van der Waals surface area contributed by atoms with Gasteiger partial charge in [0.05, 0.1) is 18.3 Å². The maximum Gasteiger partial charge on any atom is 0.244 e. The molecule has 0 unspecified atom stereocenters.